The average molecular weight is 331 g/mol. The molecule has 2 aromatic rings. The number of fused-ring (bicyclic) bond motifs is 1. The molecule has 3 rings (SSSR count). The topological polar surface area (TPSA) is 62.3 Å². The molecule has 1 aliphatic heterocycles. The number of rotatable bonds is 4. The lowest BCUT2D eigenvalue weighted by molar-refractivity contribution is 0.188. The summed E-state index contributed by atoms with van der Waals surface area (Å²) in [5, 5.41) is 0. The third kappa shape index (κ3) is 3.15. The molecule has 23 heavy (non-hydrogen) atoms. The van der Waals surface area contributed by atoms with Crippen LogP contribution in [-0.4, -0.2) is 31.9 Å². The van der Waals surface area contributed by atoms with Crippen molar-refractivity contribution in [1.29, 1.82) is 0 Å². The number of nitrogens with zero attached hydrogens (tertiary/aromatic N) is 2. The van der Waals surface area contributed by atoms with Crippen LogP contribution < -0.4 is 4.72 Å². The van der Waals surface area contributed by atoms with Crippen LogP contribution >= 0.6 is 0 Å². The second-order valence-corrected chi connectivity index (χ2v) is 7.61. The van der Waals surface area contributed by atoms with E-state index in [0.717, 1.165) is 36.3 Å². The van der Waals surface area contributed by atoms with Crippen molar-refractivity contribution >= 4 is 10.0 Å². The normalized spacial score (nSPS) is 16.8. The van der Waals surface area contributed by atoms with Gasteiger partial charge in [0.05, 0.1) is 10.6 Å². The van der Waals surface area contributed by atoms with Gasteiger partial charge in [-0.25, -0.2) is 13.1 Å². The SMILES string of the molecule is CNS(=O)(=O)c1cccc2c1CCN([C@@H](C)c1ccccn1)C2. The van der Waals surface area contributed by atoms with E-state index < -0.39 is 10.0 Å². The molecule has 122 valence electrons. The number of hydrogen-bond donors (Lipinski definition) is 1. The average Bonchev–Trinajstić information content (AvgIpc) is 2.60. The first kappa shape index (κ1) is 16.1. The molecule has 0 amide bonds. The Balaban J connectivity index is 1.89. The van der Waals surface area contributed by atoms with Crippen LogP contribution in [0.5, 0.6) is 0 Å². The van der Waals surface area contributed by atoms with E-state index >= 15 is 0 Å². The Hall–Kier alpha value is -1.76. The van der Waals surface area contributed by atoms with Gasteiger partial charge in [0.15, 0.2) is 0 Å². The molecule has 5 nitrogen and oxygen atoms in total. The van der Waals surface area contributed by atoms with Crippen LogP contribution in [0.15, 0.2) is 47.5 Å². The van der Waals surface area contributed by atoms with Crippen molar-refractivity contribution in [3.8, 4) is 0 Å². The molecule has 0 aliphatic carbocycles. The van der Waals surface area contributed by atoms with Crippen LogP contribution in [0.25, 0.3) is 0 Å². The minimum atomic E-state index is -3.41. The van der Waals surface area contributed by atoms with Gasteiger partial charge in [-0.2, -0.15) is 0 Å². The molecule has 0 unspecified atom stereocenters. The Morgan fingerprint density at radius 3 is 2.74 bits per heavy atom. The summed E-state index contributed by atoms with van der Waals surface area (Å²) in [6.07, 6.45) is 2.53. The third-order valence-corrected chi connectivity index (χ3v) is 5.97. The van der Waals surface area contributed by atoms with Gasteiger partial charge < -0.3 is 0 Å². The smallest absolute Gasteiger partial charge is 0.240 e. The standard InChI is InChI=1S/C17H21N3O2S/c1-13(16-7-3-4-10-19-16)20-11-9-15-14(12-20)6-5-8-17(15)23(21,22)18-2/h3-8,10,13,18H,9,11-12H2,1-2H3/t13-/m0/s1. The molecule has 1 N–H and O–H groups in total. The van der Waals surface area contributed by atoms with Crippen molar-refractivity contribution in [2.75, 3.05) is 13.6 Å². The zero-order valence-corrected chi connectivity index (χ0v) is 14.2. The lowest BCUT2D eigenvalue weighted by Gasteiger charge is -2.34. The zero-order chi connectivity index (χ0) is 16.4. The number of sulfonamides is 1. The molecule has 1 aromatic heterocycles. The van der Waals surface area contributed by atoms with Crippen molar-refractivity contribution in [2.24, 2.45) is 0 Å². The van der Waals surface area contributed by atoms with Gasteiger partial charge in [-0.1, -0.05) is 18.2 Å². The quantitative estimate of drug-likeness (QED) is 0.932. The van der Waals surface area contributed by atoms with Crippen LogP contribution in [0, 0.1) is 0 Å². The summed E-state index contributed by atoms with van der Waals surface area (Å²) in [6.45, 7) is 3.70. The molecule has 6 heteroatoms. The summed E-state index contributed by atoms with van der Waals surface area (Å²) in [5.74, 6) is 0. The van der Waals surface area contributed by atoms with Gasteiger partial charge in [0.25, 0.3) is 0 Å². The minimum absolute atomic E-state index is 0.203. The summed E-state index contributed by atoms with van der Waals surface area (Å²) >= 11 is 0. The third-order valence-electron chi connectivity index (χ3n) is 4.47. The van der Waals surface area contributed by atoms with E-state index in [1.807, 2.05) is 30.3 Å². The van der Waals surface area contributed by atoms with Gasteiger partial charge in [0.1, 0.15) is 0 Å². The first-order valence-electron chi connectivity index (χ1n) is 7.72. The highest BCUT2D eigenvalue weighted by Gasteiger charge is 2.26. The fourth-order valence-corrected chi connectivity index (χ4v) is 4.13. The second kappa shape index (κ2) is 6.39. The number of nitrogens with one attached hydrogen (secondary N) is 1. The van der Waals surface area contributed by atoms with Gasteiger partial charge in [-0.15, -0.1) is 0 Å². The van der Waals surface area contributed by atoms with Gasteiger partial charge in [0, 0.05) is 25.3 Å². The molecule has 1 aliphatic rings. The molecular formula is C17H21N3O2S. The highest BCUT2D eigenvalue weighted by Crippen LogP contribution is 2.30. The van der Waals surface area contributed by atoms with Crippen molar-refractivity contribution in [2.45, 2.75) is 30.8 Å². The maximum Gasteiger partial charge on any atom is 0.240 e. The molecular weight excluding hydrogens is 310 g/mol. The van der Waals surface area contributed by atoms with E-state index in [1.165, 1.54) is 7.05 Å². The Morgan fingerprint density at radius 1 is 1.22 bits per heavy atom. The maximum absolute atomic E-state index is 12.2. The molecule has 0 saturated heterocycles. The zero-order valence-electron chi connectivity index (χ0n) is 13.4. The van der Waals surface area contributed by atoms with Gasteiger partial charge >= 0.3 is 0 Å². The van der Waals surface area contributed by atoms with Crippen molar-refractivity contribution in [1.82, 2.24) is 14.6 Å². The molecule has 0 bridgehead atoms. The Kier molecular flexibility index (Phi) is 4.48. The highest BCUT2D eigenvalue weighted by atomic mass is 32.2. The molecule has 1 atom stereocenters. The predicted octanol–water partition coefficient (Wildman–Crippen LogP) is 2.11. The van der Waals surface area contributed by atoms with Crippen LogP contribution in [0.4, 0.5) is 0 Å². The summed E-state index contributed by atoms with van der Waals surface area (Å²) < 4.78 is 26.8. The molecule has 1 aromatic carbocycles. The molecule has 0 saturated carbocycles. The van der Waals surface area contributed by atoms with E-state index in [4.69, 9.17) is 0 Å². The van der Waals surface area contributed by atoms with Crippen molar-refractivity contribution in [3.05, 3.63) is 59.4 Å². The Morgan fingerprint density at radius 2 is 2.04 bits per heavy atom. The van der Waals surface area contributed by atoms with E-state index in [0.29, 0.717) is 4.90 Å². The number of aromatic nitrogens is 1. The fraction of sp³-hybridized carbons (Fsp3) is 0.353. The van der Waals surface area contributed by atoms with Gasteiger partial charge in [-0.3, -0.25) is 9.88 Å². The monoisotopic (exact) mass is 331 g/mol. The first-order chi connectivity index (χ1) is 11.0. The van der Waals surface area contributed by atoms with Gasteiger partial charge in [-0.05, 0) is 49.7 Å². The lowest BCUT2D eigenvalue weighted by atomic mass is 9.98. The van der Waals surface area contributed by atoms with Crippen molar-refractivity contribution in [3.63, 3.8) is 0 Å². The lowest BCUT2D eigenvalue weighted by Crippen LogP contribution is -2.34. The summed E-state index contributed by atoms with van der Waals surface area (Å²) in [4.78, 5) is 7.17. The predicted molar refractivity (Wildman–Crippen MR) is 89.5 cm³/mol. The number of hydrogen-bond acceptors (Lipinski definition) is 4. The van der Waals surface area contributed by atoms with Crippen LogP contribution in [-0.2, 0) is 23.0 Å². The Labute approximate surface area is 137 Å². The second-order valence-electron chi connectivity index (χ2n) is 5.75. The van der Waals surface area contributed by atoms with E-state index in [9.17, 15) is 8.42 Å². The number of benzene rings is 1. The molecule has 0 spiro atoms. The molecule has 0 radical (unpaired) electrons. The largest absolute Gasteiger partial charge is 0.290 e. The molecule has 0 fully saturated rings. The fourth-order valence-electron chi connectivity index (χ4n) is 3.10. The van der Waals surface area contributed by atoms with Crippen LogP contribution in [0.3, 0.4) is 0 Å². The number of pyridine rings is 1. The van der Waals surface area contributed by atoms with Crippen LogP contribution in [0.2, 0.25) is 0 Å². The highest BCUT2D eigenvalue weighted by molar-refractivity contribution is 7.89. The summed E-state index contributed by atoms with van der Waals surface area (Å²) in [7, 11) is -1.96. The van der Waals surface area contributed by atoms with E-state index in [2.05, 4.69) is 21.5 Å². The van der Waals surface area contributed by atoms with Gasteiger partial charge in [0.2, 0.25) is 10.0 Å². The first-order valence-corrected chi connectivity index (χ1v) is 9.20. The van der Waals surface area contributed by atoms with E-state index in [-0.39, 0.29) is 6.04 Å². The minimum Gasteiger partial charge on any atom is -0.290 e. The summed E-state index contributed by atoms with van der Waals surface area (Å²) in [6, 6.07) is 11.7. The summed E-state index contributed by atoms with van der Waals surface area (Å²) in [5.41, 5.74) is 3.05. The van der Waals surface area contributed by atoms with E-state index in [1.54, 1.807) is 12.3 Å². The maximum atomic E-state index is 12.2. The van der Waals surface area contributed by atoms with Crippen molar-refractivity contribution < 1.29 is 8.42 Å². The van der Waals surface area contributed by atoms with Crippen LogP contribution in [0.1, 0.15) is 29.8 Å². The Bertz CT molecular complexity index is 791. The molecule has 2 heterocycles.